The molecule has 0 aliphatic heterocycles. The Labute approximate surface area is 126 Å². The number of hydrogen-bond donors (Lipinski definition) is 0. The Morgan fingerprint density at radius 2 is 1.90 bits per heavy atom. The summed E-state index contributed by atoms with van der Waals surface area (Å²) in [4.78, 5) is 0. The summed E-state index contributed by atoms with van der Waals surface area (Å²) >= 11 is 0. The molecule has 1 aliphatic rings. The van der Waals surface area contributed by atoms with Crippen LogP contribution in [0.1, 0.15) is 30.9 Å². The molecule has 114 valence electrons. The summed E-state index contributed by atoms with van der Waals surface area (Å²) in [5.74, 6) is -0.241. The zero-order valence-corrected chi connectivity index (χ0v) is 13.5. The van der Waals surface area contributed by atoms with E-state index in [9.17, 15) is 13.7 Å². The predicted molar refractivity (Wildman–Crippen MR) is 81.7 cm³/mol. The van der Waals surface area contributed by atoms with Gasteiger partial charge in [-0.1, -0.05) is 36.8 Å². The van der Waals surface area contributed by atoms with Gasteiger partial charge in [-0.05, 0) is 19.4 Å². The molecule has 0 saturated heterocycles. The molecule has 1 aliphatic carbocycles. The topological polar surface area (TPSA) is 67.2 Å². The molecule has 0 N–H and O–H groups in total. The van der Waals surface area contributed by atoms with Crippen molar-refractivity contribution in [1.82, 2.24) is 0 Å². The van der Waals surface area contributed by atoms with Gasteiger partial charge >= 0.3 is 0 Å². The molecule has 3 atom stereocenters. The van der Waals surface area contributed by atoms with E-state index in [4.69, 9.17) is 4.74 Å². The van der Waals surface area contributed by atoms with Crippen LogP contribution in [0.25, 0.3) is 0 Å². The van der Waals surface area contributed by atoms with E-state index in [-0.39, 0.29) is 18.3 Å². The lowest BCUT2D eigenvalue weighted by Gasteiger charge is -2.09. The van der Waals surface area contributed by atoms with Gasteiger partial charge in [0, 0.05) is 18.3 Å². The fourth-order valence-electron chi connectivity index (χ4n) is 2.97. The number of rotatable bonds is 6. The van der Waals surface area contributed by atoms with Crippen LogP contribution in [0.5, 0.6) is 0 Å². The number of benzene rings is 1. The number of ether oxygens (including phenoxy) is 1. The van der Waals surface area contributed by atoms with E-state index in [1.54, 1.807) is 6.92 Å². The molecule has 0 heterocycles. The molecule has 0 unspecified atom stereocenters. The normalized spacial score (nSPS) is 28.1. The van der Waals surface area contributed by atoms with Gasteiger partial charge in [0.15, 0.2) is 9.84 Å². The third-order valence-electron chi connectivity index (χ3n) is 4.24. The van der Waals surface area contributed by atoms with Crippen LogP contribution in [0.15, 0.2) is 24.3 Å². The molecule has 1 aromatic carbocycles. The van der Waals surface area contributed by atoms with E-state index < -0.39 is 20.5 Å². The van der Waals surface area contributed by atoms with Crippen LogP contribution in [-0.4, -0.2) is 32.6 Å². The van der Waals surface area contributed by atoms with Crippen molar-refractivity contribution in [3.63, 3.8) is 0 Å². The third-order valence-corrected chi connectivity index (χ3v) is 6.51. The van der Waals surface area contributed by atoms with Crippen LogP contribution < -0.4 is 0 Å². The lowest BCUT2D eigenvalue weighted by atomic mass is 10.0. The van der Waals surface area contributed by atoms with Crippen LogP contribution in [-0.2, 0) is 14.6 Å². The molecule has 1 aromatic rings. The summed E-state index contributed by atoms with van der Waals surface area (Å²) < 4.78 is 30.1. The van der Waals surface area contributed by atoms with Gasteiger partial charge in [-0.3, -0.25) is 0 Å². The van der Waals surface area contributed by atoms with Gasteiger partial charge in [0.1, 0.15) is 5.41 Å². The number of nitrogens with zero attached hydrogens (tertiary/aromatic N) is 1. The van der Waals surface area contributed by atoms with Gasteiger partial charge in [-0.2, -0.15) is 5.26 Å². The third kappa shape index (κ3) is 2.70. The first-order chi connectivity index (χ1) is 9.93. The van der Waals surface area contributed by atoms with Gasteiger partial charge in [0.2, 0.25) is 0 Å². The van der Waals surface area contributed by atoms with Gasteiger partial charge < -0.3 is 4.74 Å². The number of nitriles is 1. The second kappa shape index (κ2) is 5.78. The molecule has 0 aromatic heterocycles. The lowest BCUT2D eigenvalue weighted by molar-refractivity contribution is 0.117. The van der Waals surface area contributed by atoms with Crippen LogP contribution in [0.3, 0.4) is 0 Å². The zero-order chi connectivity index (χ0) is 15.7. The smallest absolute Gasteiger partial charge is 0.155 e. The summed E-state index contributed by atoms with van der Waals surface area (Å²) in [7, 11) is -3.29. The van der Waals surface area contributed by atoms with Gasteiger partial charge in [-0.25, -0.2) is 8.42 Å². The van der Waals surface area contributed by atoms with Gasteiger partial charge in [-0.15, -0.1) is 0 Å². The van der Waals surface area contributed by atoms with Crippen molar-refractivity contribution >= 4 is 9.84 Å². The lowest BCUT2D eigenvalue weighted by Crippen LogP contribution is -2.20. The minimum absolute atomic E-state index is 0.0512. The summed E-state index contributed by atoms with van der Waals surface area (Å²) in [6.45, 7) is 6.10. The SMILES string of the molecule is CCOC[C@@]1(C#N)[C@@H](c2ccc(C)cc2)[C@@H]1S(=O)(=O)CC. The van der Waals surface area contributed by atoms with Crippen molar-refractivity contribution in [2.45, 2.75) is 31.9 Å². The second-order valence-electron chi connectivity index (χ2n) is 5.55. The standard InChI is InChI=1S/C16H21NO3S/c1-4-20-11-16(10-17)14(15(16)21(18,19)5-2)13-8-6-12(3)7-9-13/h6-9,14-15H,4-5,11H2,1-3H3/t14-,15-,16-/m0/s1. The van der Waals surface area contributed by atoms with E-state index in [0.717, 1.165) is 11.1 Å². The zero-order valence-electron chi connectivity index (χ0n) is 12.7. The van der Waals surface area contributed by atoms with Crippen LogP contribution >= 0.6 is 0 Å². The first-order valence-electron chi connectivity index (χ1n) is 7.20. The van der Waals surface area contributed by atoms with E-state index in [1.165, 1.54) is 0 Å². The summed E-state index contributed by atoms with van der Waals surface area (Å²) in [5.41, 5.74) is 1.07. The van der Waals surface area contributed by atoms with Crippen molar-refractivity contribution in [3.05, 3.63) is 35.4 Å². The van der Waals surface area contributed by atoms with Gasteiger partial charge in [0.05, 0.1) is 17.9 Å². The monoisotopic (exact) mass is 307 g/mol. The van der Waals surface area contributed by atoms with Gasteiger partial charge in [0.25, 0.3) is 0 Å². The summed E-state index contributed by atoms with van der Waals surface area (Å²) in [6.07, 6.45) is 0. The quantitative estimate of drug-likeness (QED) is 0.809. The highest BCUT2D eigenvalue weighted by molar-refractivity contribution is 7.92. The Bertz CT molecular complexity index is 645. The molecule has 1 fully saturated rings. The molecule has 5 heteroatoms. The number of hydrogen-bond acceptors (Lipinski definition) is 4. The molecule has 0 radical (unpaired) electrons. The van der Waals surface area contributed by atoms with Crippen molar-refractivity contribution in [3.8, 4) is 6.07 Å². The minimum atomic E-state index is -3.29. The molecule has 21 heavy (non-hydrogen) atoms. The maximum Gasteiger partial charge on any atom is 0.155 e. The Kier molecular flexibility index (Phi) is 4.40. The molecule has 2 rings (SSSR count). The van der Waals surface area contributed by atoms with Crippen LogP contribution in [0.2, 0.25) is 0 Å². The first kappa shape index (κ1) is 16.0. The largest absolute Gasteiger partial charge is 0.380 e. The van der Waals surface area contributed by atoms with E-state index in [0.29, 0.717) is 6.61 Å². The molecule has 0 spiro atoms. The molecule has 0 bridgehead atoms. The van der Waals surface area contributed by atoms with Crippen molar-refractivity contribution < 1.29 is 13.2 Å². The number of sulfone groups is 1. The van der Waals surface area contributed by atoms with E-state index in [2.05, 4.69) is 6.07 Å². The fraction of sp³-hybridized carbons (Fsp3) is 0.562. The minimum Gasteiger partial charge on any atom is -0.380 e. The highest BCUT2D eigenvalue weighted by Crippen LogP contribution is 2.62. The predicted octanol–water partition coefficient (Wildman–Crippen LogP) is 2.44. The number of aryl methyl sites for hydroxylation is 1. The molecule has 4 nitrogen and oxygen atoms in total. The molecule has 0 amide bonds. The first-order valence-corrected chi connectivity index (χ1v) is 8.91. The average Bonchev–Trinajstić information content (AvgIpc) is 3.16. The van der Waals surface area contributed by atoms with Crippen molar-refractivity contribution in [1.29, 1.82) is 5.26 Å². The highest BCUT2D eigenvalue weighted by atomic mass is 32.2. The Morgan fingerprint density at radius 1 is 1.29 bits per heavy atom. The van der Waals surface area contributed by atoms with E-state index in [1.807, 2.05) is 38.1 Å². The second-order valence-corrected chi connectivity index (χ2v) is 7.96. The average molecular weight is 307 g/mol. The maximum atomic E-state index is 12.3. The van der Waals surface area contributed by atoms with Crippen LogP contribution in [0, 0.1) is 23.7 Å². The summed E-state index contributed by atoms with van der Waals surface area (Å²) in [6, 6.07) is 9.98. The molecule has 1 saturated carbocycles. The Hall–Kier alpha value is -1.38. The summed E-state index contributed by atoms with van der Waals surface area (Å²) in [5, 5.41) is 8.95. The fourth-order valence-corrected chi connectivity index (χ4v) is 4.97. The molecular weight excluding hydrogens is 286 g/mol. The van der Waals surface area contributed by atoms with Crippen LogP contribution in [0.4, 0.5) is 0 Å². The van der Waals surface area contributed by atoms with Crippen molar-refractivity contribution in [2.75, 3.05) is 19.0 Å². The Balaban J connectivity index is 2.42. The van der Waals surface area contributed by atoms with Crippen molar-refractivity contribution in [2.24, 2.45) is 5.41 Å². The Morgan fingerprint density at radius 3 is 2.38 bits per heavy atom. The molecular formula is C16H21NO3S. The maximum absolute atomic E-state index is 12.3. The highest BCUT2D eigenvalue weighted by Gasteiger charge is 2.71. The van der Waals surface area contributed by atoms with E-state index >= 15 is 0 Å².